The summed E-state index contributed by atoms with van der Waals surface area (Å²) in [5.41, 5.74) is 7.10. The van der Waals surface area contributed by atoms with Crippen LogP contribution in [-0.4, -0.2) is 22.0 Å². The second-order valence-electron chi connectivity index (χ2n) is 6.21. The van der Waals surface area contributed by atoms with Gasteiger partial charge in [0.05, 0.1) is 0 Å². The Labute approximate surface area is 160 Å². The largest absolute Gasteiger partial charge is 0.366 e. The first-order valence-corrected chi connectivity index (χ1v) is 8.75. The quantitative estimate of drug-likeness (QED) is 0.622. The Morgan fingerprint density at radius 3 is 2.68 bits per heavy atom. The zero-order chi connectivity index (χ0) is 19.9. The normalized spacial score (nSPS) is 10.6. The van der Waals surface area contributed by atoms with Gasteiger partial charge in [-0.2, -0.15) is 4.98 Å². The Kier molecular flexibility index (Phi) is 6.11. The van der Waals surface area contributed by atoms with Crippen LogP contribution in [0.1, 0.15) is 34.7 Å². The summed E-state index contributed by atoms with van der Waals surface area (Å²) in [6, 6.07) is 12.6. The third kappa shape index (κ3) is 5.23. The zero-order valence-corrected chi connectivity index (χ0v) is 15.0. The second-order valence-corrected chi connectivity index (χ2v) is 6.21. The van der Waals surface area contributed by atoms with Crippen LogP contribution in [0, 0.1) is 5.82 Å². The minimum Gasteiger partial charge on any atom is -0.366 e. The van der Waals surface area contributed by atoms with E-state index in [4.69, 9.17) is 10.3 Å². The van der Waals surface area contributed by atoms with E-state index in [1.54, 1.807) is 30.3 Å². The topological polar surface area (TPSA) is 111 Å². The van der Waals surface area contributed by atoms with Crippen molar-refractivity contribution < 1.29 is 18.5 Å². The van der Waals surface area contributed by atoms with Gasteiger partial charge < -0.3 is 15.6 Å². The second kappa shape index (κ2) is 8.90. The molecule has 0 aliphatic heterocycles. The summed E-state index contributed by atoms with van der Waals surface area (Å²) in [6.07, 6.45) is 1.29. The molecule has 1 aromatic heterocycles. The molecule has 144 valence electrons. The van der Waals surface area contributed by atoms with Crippen molar-refractivity contribution in [3.05, 3.63) is 71.4 Å². The number of nitrogens with two attached hydrogens (primary N) is 1. The van der Waals surface area contributed by atoms with Gasteiger partial charge in [-0.15, -0.1) is 0 Å². The van der Waals surface area contributed by atoms with E-state index in [1.807, 2.05) is 6.07 Å². The van der Waals surface area contributed by atoms with Gasteiger partial charge >= 0.3 is 0 Å². The predicted octanol–water partition coefficient (Wildman–Crippen LogP) is 2.61. The SMILES string of the molecule is NC(=O)c1cccc(CNC(=O)CCCc2nc(-c3ccc(F)cc3)no2)c1. The number of halogens is 1. The maximum atomic E-state index is 13.0. The summed E-state index contributed by atoms with van der Waals surface area (Å²) >= 11 is 0. The van der Waals surface area contributed by atoms with Crippen molar-refractivity contribution in [3.8, 4) is 11.4 Å². The number of aryl methyl sites for hydroxylation is 1. The molecular weight excluding hydrogens is 363 g/mol. The van der Waals surface area contributed by atoms with Gasteiger partial charge in [-0.1, -0.05) is 17.3 Å². The van der Waals surface area contributed by atoms with Crippen LogP contribution in [0.25, 0.3) is 11.4 Å². The van der Waals surface area contributed by atoms with E-state index >= 15 is 0 Å². The van der Waals surface area contributed by atoms with E-state index in [-0.39, 0.29) is 11.7 Å². The molecule has 0 radical (unpaired) electrons. The molecule has 0 atom stereocenters. The number of benzene rings is 2. The first-order valence-electron chi connectivity index (χ1n) is 8.75. The van der Waals surface area contributed by atoms with Gasteiger partial charge in [-0.3, -0.25) is 9.59 Å². The van der Waals surface area contributed by atoms with Crippen LogP contribution in [0.3, 0.4) is 0 Å². The lowest BCUT2D eigenvalue weighted by atomic mass is 10.1. The third-order valence-corrected chi connectivity index (χ3v) is 4.07. The first kappa shape index (κ1) is 19.2. The van der Waals surface area contributed by atoms with Crippen molar-refractivity contribution >= 4 is 11.8 Å². The monoisotopic (exact) mass is 382 g/mol. The summed E-state index contributed by atoms with van der Waals surface area (Å²) in [6.45, 7) is 0.315. The third-order valence-electron chi connectivity index (χ3n) is 4.07. The fourth-order valence-electron chi connectivity index (χ4n) is 2.60. The van der Waals surface area contributed by atoms with E-state index < -0.39 is 5.91 Å². The highest BCUT2D eigenvalue weighted by molar-refractivity contribution is 5.92. The molecule has 0 aliphatic carbocycles. The van der Waals surface area contributed by atoms with Crippen LogP contribution in [0.2, 0.25) is 0 Å². The van der Waals surface area contributed by atoms with Crippen LogP contribution in [0.4, 0.5) is 4.39 Å². The number of hydrogen-bond acceptors (Lipinski definition) is 5. The van der Waals surface area contributed by atoms with Gasteiger partial charge in [0, 0.05) is 30.5 Å². The molecule has 0 saturated carbocycles. The van der Waals surface area contributed by atoms with Gasteiger partial charge in [0.1, 0.15) is 5.82 Å². The highest BCUT2D eigenvalue weighted by atomic mass is 19.1. The smallest absolute Gasteiger partial charge is 0.248 e. The molecule has 0 aliphatic rings. The van der Waals surface area contributed by atoms with Gasteiger partial charge in [-0.25, -0.2) is 4.39 Å². The van der Waals surface area contributed by atoms with Crippen molar-refractivity contribution in [2.75, 3.05) is 0 Å². The Morgan fingerprint density at radius 1 is 1.14 bits per heavy atom. The van der Waals surface area contributed by atoms with E-state index in [1.165, 1.54) is 12.1 Å². The van der Waals surface area contributed by atoms with Crippen LogP contribution in [-0.2, 0) is 17.8 Å². The average Bonchev–Trinajstić information content (AvgIpc) is 3.16. The van der Waals surface area contributed by atoms with Crippen LogP contribution >= 0.6 is 0 Å². The van der Waals surface area contributed by atoms with E-state index in [9.17, 15) is 14.0 Å². The molecule has 1 heterocycles. The maximum absolute atomic E-state index is 13.0. The summed E-state index contributed by atoms with van der Waals surface area (Å²) in [5.74, 6) is -0.162. The zero-order valence-electron chi connectivity index (χ0n) is 15.0. The highest BCUT2D eigenvalue weighted by Crippen LogP contribution is 2.16. The molecule has 8 heteroatoms. The Hall–Kier alpha value is -3.55. The highest BCUT2D eigenvalue weighted by Gasteiger charge is 2.10. The van der Waals surface area contributed by atoms with Gasteiger partial charge in [0.15, 0.2) is 0 Å². The fourth-order valence-corrected chi connectivity index (χ4v) is 2.60. The molecule has 0 unspecified atom stereocenters. The lowest BCUT2D eigenvalue weighted by Crippen LogP contribution is -2.22. The van der Waals surface area contributed by atoms with Crippen molar-refractivity contribution in [2.24, 2.45) is 5.73 Å². The average molecular weight is 382 g/mol. The number of nitrogens with one attached hydrogen (secondary N) is 1. The minimum atomic E-state index is -0.507. The lowest BCUT2D eigenvalue weighted by Gasteiger charge is -2.06. The summed E-state index contributed by atoms with van der Waals surface area (Å²) in [4.78, 5) is 27.4. The molecule has 2 amide bonds. The number of hydrogen-bond donors (Lipinski definition) is 2. The molecule has 0 saturated heterocycles. The molecular formula is C20H19FN4O3. The molecule has 2 aromatic carbocycles. The first-order chi connectivity index (χ1) is 13.5. The van der Waals surface area contributed by atoms with Crippen LogP contribution in [0.5, 0.6) is 0 Å². The van der Waals surface area contributed by atoms with Crippen LogP contribution < -0.4 is 11.1 Å². The molecule has 3 N–H and O–H groups in total. The summed E-state index contributed by atoms with van der Waals surface area (Å²) in [7, 11) is 0. The summed E-state index contributed by atoms with van der Waals surface area (Å²) < 4.78 is 18.1. The molecule has 7 nitrogen and oxygen atoms in total. The number of aromatic nitrogens is 2. The van der Waals surface area contributed by atoms with E-state index in [0.717, 1.165) is 5.56 Å². The standard InChI is InChI=1S/C20H19FN4O3/c21-16-9-7-14(8-10-16)20-24-18(28-25-20)6-2-5-17(26)23-12-13-3-1-4-15(11-13)19(22)27/h1,3-4,7-11H,2,5-6,12H2,(H2,22,27)(H,23,26). The van der Waals surface area contributed by atoms with Crippen molar-refractivity contribution in [1.82, 2.24) is 15.5 Å². The molecule has 3 rings (SSSR count). The maximum Gasteiger partial charge on any atom is 0.248 e. The number of amides is 2. The van der Waals surface area contributed by atoms with Crippen LogP contribution in [0.15, 0.2) is 53.1 Å². The van der Waals surface area contributed by atoms with Crippen molar-refractivity contribution in [3.63, 3.8) is 0 Å². The minimum absolute atomic E-state index is 0.122. The van der Waals surface area contributed by atoms with Crippen molar-refractivity contribution in [1.29, 1.82) is 0 Å². The summed E-state index contributed by atoms with van der Waals surface area (Å²) in [5, 5.41) is 6.66. The number of primary amides is 1. The van der Waals surface area contributed by atoms with Gasteiger partial charge in [0.25, 0.3) is 0 Å². The molecule has 0 spiro atoms. The van der Waals surface area contributed by atoms with E-state index in [2.05, 4.69) is 15.5 Å². The number of carbonyl (C=O) groups excluding carboxylic acids is 2. The van der Waals surface area contributed by atoms with E-state index in [0.29, 0.717) is 48.6 Å². The Balaban J connectivity index is 1.44. The number of nitrogens with zero attached hydrogens (tertiary/aromatic N) is 2. The van der Waals surface area contributed by atoms with Gasteiger partial charge in [0.2, 0.25) is 23.5 Å². The molecule has 0 fully saturated rings. The molecule has 0 bridgehead atoms. The van der Waals surface area contributed by atoms with Gasteiger partial charge in [-0.05, 0) is 48.4 Å². The Morgan fingerprint density at radius 2 is 1.93 bits per heavy atom. The number of carbonyl (C=O) groups is 2. The fraction of sp³-hybridized carbons (Fsp3) is 0.200. The predicted molar refractivity (Wildman–Crippen MR) is 99.4 cm³/mol. The lowest BCUT2D eigenvalue weighted by molar-refractivity contribution is -0.121. The molecule has 28 heavy (non-hydrogen) atoms. The molecule has 3 aromatic rings. The number of rotatable bonds is 8. The van der Waals surface area contributed by atoms with Crippen molar-refractivity contribution in [2.45, 2.75) is 25.8 Å². The Bertz CT molecular complexity index is 970.